The number of esters is 1. The van der Waals surface area contributed by atoms with Crippen LogP contribution in [0.2, 0.25) is 0 Å². The van der Waals surface area contributed by atoms with Crippen molar-refractivity contribution in [3.05, 3.63) is 47.3 Å². The van der Waals surface area contributed by atoms with Gasteiger partial charge in [-0.1, -0.05) is 50.3 Å². The first-order valence-electron chi connectivity index (χ1n) is 24.4. The highest BCUT2D eigenvalue weighted by Gasteiger charge is 2.54. The van der Waals surface area contributed by atoms with Crippen molar-refractivity contribution in [3.8, 4) is 0 Å². The summed E-state index contributed by atoms with van der Waals surface area (Å²) in [6.45, 7) is 16.6. The molecule has 5 rings (SSSR count). The number of hydrogen-bond donors (Lipinski definition) is 4. The van der Waals surface area contributed by atoms with Crippen molar-refractivity contribution >= 4 is 34.8 Å². The van der Waals surface area contributed by atoms with Crippen LogP contribution in [0, 0.1) is 23.7 Å². The molecule has 1 unspecified atom stereocenters. The molecule has 392 valence electrons. The normalized spacial score (nSPS) is 40.1. The third-order valence-electron chi connectivity index (χ3n) is 15.6. The van der Waals surface area contributed by atoms with Crippen LogP contribution in [0.4, 0.5) is 4.39 Å². The van der Waals surface area contributed by atoms with Crippen molar-refractivity contribution in [2.75, 3.05) is 48.1 Å². The number of likely N-dealkylation sites (N-methyl/N-ethyl adjacent to an activating group) is 2. The van der Waals surface area contributed by atoms with Gasteiger partial charge in [-0.05, 0) is 108 Å². The first kappa shape index (κ1) is 57.6. The summed E-state index contributed by atoms with van der Waals surface area (Å²) in [5.41, 5.74) is -2.46. The van der Waals surface area contributed by atoms with Gasteiger partial charge in [0.15, 0.2) is 10.4 Å². The maximum atomic E-state index is 14.6. The Morgan fingerprint density at radius 3 is 2.29 bits per heavy atom. The van der Waals surface area contributed by atoms with E-state index >= 15 is 0 Å². The van der Waals surface area contributed by atoms with E-state index in [0.29, 0.717) is 49.2 Å². The number of aldehydes is 1. The van der Waals surface area contributed by atoms with Crippen LogP contribution in [0.1, 0.15) is 122 Å². The highest BCUT2D eigenvalue weighted by atomic mass is 127. The molecule has 0 radical (unpaired) electrons. The summed E-state index contributed by atoms with van der Waals surface area (Å²) in [6, 6.07) is 5.49. The summed E-state index contributed by atoms with van der Waals surface area (Å²) >= 11 is 1.87. The van der Waals surface area contributed by atoms with Gasteiger partial charge < -0.3 is 58.6 Å². The van der Waals surface area contributed by atoms with E-state index in [0.717, 1.165) is 6.29 Å². The summed E-state index contributed by atoms with van der Waals surface area (Å²) in [4.78, 5) is 29.8. The Balaban J connectivity index is 1.42. The number of aromatic nitrogens is 3. The molecule has 3 saturated heterocycles. The SMILES string of the molecule is CO[C@H](c1ccc(C=O)cc1)[C@@H](CF)n1cc(CCN(C)[C@@H]2C[C@H](O[C@@H]3[C@@H](C)[C@H](C4C[C@@](C)(OC)[C@@H](O)[C@H](C)O4)[C@@H](C)C(=O)O[C@H](I)[C@@](C)(O)[C@H](O)[C@@H](C)N(C)C[C@H](C)C[C@@]3(C)O)O[C@H](C)C2)nn1. The Labute approximate surface area is 422 Å². The van der Waals surface area contributed by atoms with E-state index in [1.54, 1.807) is 58.2 Å². The van der Waals surface area contributed by atoms with Crippen molar-refractivity contribution in [3.63, 3.8) is 0 Å². The molecule has 3 aliphatic heterocycles. The average Bonchev–Trinajstić information content (AvgIpc) is 3.78. The fourth-order valence-corrected chi connectivity index (χ4v) is 11.8. The highest BCUT2D eigenvalue weighted by molar-refractivity contribution is 14.1. The third-order valence-corrected chi connectivity index (χ3v) is 17.1. The predicted octanol–water partition coefficient (Wildman–Crippen LogP) is 5.10. The maximum Gasteiger partial charge on any atom is 0.310 e. The van der Waals surface area contributed by atoms with Crippen molar-refractivity contribution in [1.82, 2.24) is 24.8 Å². The number of benzene rings is 1. The number of halogens is 2. The summed E-state index contributed by atoms with van der Waals surface area (Å²) in [5.74, 6) is -2.91. The molecule has 69 heavy (non-hydrogen) atoms. The quantitative estimate of drug-likeness (QED) is 0.0840. The van der Waals surface area contributed by atoms with Crippen LogP contribution in [-0.2, 0) is 39.6 Å². The largest absolute Gasteiger partial charge is 0.448 e. The van der Waals surface area contributed by atoms with E-state index in [4.69, 9.17) is 28.4 Å². The molecule has 3 fully saturated rings. The smallest absolute Gasteiger partial charge is 0.310 e. The molecule has 1 aromatic heterocycles. The number of nitrogens with zero attached hydrogens (tertiary/aromatic N) is 5. The van der Waals surface area contributed by atoms with E-state index in [-0.39, 0.29) is 30.9 Å². The summed E-state index contributed by atoms with van der Waals surface area (Å²) in [5, 5.41) is 56.1. The molecular formula is C50H81FIN5O12. The van der Waals surface area contributed by atoms with Crippen molar-refractivity contribution in [2.45, 2.75) is 182 Å². The lowest BCUT2D eigenvalue weighted by molar-refractivity contribution is -0.275. The summed E-state index contributed by atoms with van der Waals surface area (Å²) < 4.78 is 53.0. The molecule has 0 aliphatic carbocycles. The molecule has 0 bridgehead atoms. The number of alkyl halides is 2. The number of carbonyl (C=O) groups is 2. The van der Waals surface area contributed by atoms with Gasteiger partial charge in [-0.15, -0.1) is 5.10 Å². The fraction of sp³-hybridized carbons (Fsp3) is 0.800. The van der Waals surface area contributed by atoms with Crippen LogP contribution in [0.3, 0.4) is 0 Å². The molecule has 4 N–H and O–H groups in total. The zero-order valence-electron chi connectivity index (χ0n) is 42.9. The lowest BCUT2D eigenvalue weighted by atomic mass is 9.68. The molecule has 17 nitrogen and oxygen atoms in total. The van der Waals surface area contributed by atoms with Gasteiger partial charge in [0, 0.05) is 76.3 Å². The van der Waals surface area contributed by atoms with E-state index in [1.165, 1.54) is 25.8 Å². The average molecular weight is 1090 g/mol. The van der Waals surface area contributed by atoms with Gasteiger partial charge in [0.25, 0.3) is 0 Å². The molecule has 4 heterocycles. The molecule has 1 aromatic carbocycles. The van der Waals surface area contributed by atoms with Gasteiger partial charge in [-0.25, -0.2) is 9.07 Å². The van der Waals surface area contributed by atoms with Gasteiger partial charge >= 0.3 is 5.97 Å². The highest BCUT2D eigenvalue weighted by Crippen LogP contribution is 2.45. The number of cyclic esters (lactones) is 1. The summed E-state index contributed by atoms with van der Waals surface area (Å²) in [6.07, 6.45) is -1.51. The first-order valence-corrected chi connectivity index (χ1v) is 25.7. The minimum absolute atomic E-state index is 0.00731. The van der Waals surface area contributed by atoms with Gasteiger partial charge in [-0.2, -0.15) is 0 Å². The molecular weight excluding hydrogens is 1010 g/mol. The lowest BCUT2D eigenvalue weighted by Gasteiger charge is -2.51. The van der Waals surface area contributed by atoms with Crippen molar-refractivity contribution in [2.24, 2.45) is 23.7 Å². The van der Waals surface area contributed by atoms with Crippen molar-refractivity contribution in [1.29, 1.82) is 0 Å². The number of methoxy groups -OCH3 is 2. The molecule has 2 aromatic rings. The topological polar surface area (TPSA) is 208 Å². The Morgan fingerprint density at radius 2 is 1.68 bits per heavy atom. The first-order chi connectivity index (χ1) is 32.3. The standard InChI is InChI=1S/C50H81FIN5O12/c1-28-22-48(7,62)45(30(3)41(39-23-49(8,65-13)44(60)33(6)67-39)31(4)46(61)69-47(52)50(9,63)43(59)32(5)56(11)25-28)68-40-21-37(20-29(2)66-40)55(10)19-18-36-26-57(54-53-36)38(24-51)42(64-12)35-16-14-34(27-58)15-17-35/h14-17,26-33,37-45,47,59-60,62-63H,18-25H2,1-13H3/t28-,29-,30+,31-,32-,33+,37+,38-,39?,40+,41+,42-,43-,44+,45-,47+,48-,49-,50+/m1/s1. The number of aliphatic hydroxyl groups is 4. The van der Waals surface area contributed by atoms with E-state index in [2.05, 4.69) is 15.2 Å². The zero-order chi connectivity index (χ0) is 51.3. The Morgan fingerprint density at radius 1 is 1.01 bits per heavy atom. The summed E-state index contributed by atoms with van der Waals surface area (Å²) in [7, 11) is 6.93. The number of ether oxygens (including phenoxy) is 6. The predicted molar refractivity (Wildman–Crippen MR) is 264 cm³/mol. The fourth-order valence-electron chi connectivity index (χ4n) is 11.2. The van der Waals surface area contributed by atoms with Crippen molar-refractivity contribution < 1.29 is 62.8 Å². The van der Waals surface area contributed by atoms with Gasteiger partial charge in [0.05, 0.1) is 47.2 Å². The van der Waals surface area contributed by atoms with Crippen LogP contribution in [-0.4, -0.2) is 181 Å². The third kappa shape index (κ3) is 13.5. The Kier molecular flexibility index (Phi) is 20.2. The van der Waals surface area contributed by atoms with Gasteiger partial charge in [-0.3, -0.25) is 9.59 Å². The van der Waals surface area contributed by atoms with E-state index < -0.39 is 106 Å². The van der Waals surface area contributed by atoms with Crippen LogP contribution in [0.5, 0.6) is 0 Å². The molecule has 19 atom stereocenters. The molecule has 0 spiro atoms. The van der Waals surface area contributed by atoms with Gasteiger partial charge in [0.2, 0.25) is 0 Å². The second-order valence-corrected chi connectivity index (χ2v) is 22.3. The Hall–Kier alpha value is -2.28. The van der Waals surface area contributed by atoms with Crippen LogP contribution in [0.25, 0.3) is 0 Å². The zero-order valence-corrected chi connectivity index (χ0v) is 45.1. The second kappa shape index (κ2) is 24.2. The number of rotatable bonds is 14. The van der Waals surface area contributed by atoms with Gasteiger partial charge in [0.1, 0.15) is 42.9 Å². The molecule has 0 saturated carbocycles. The monoisotopic (exact) mass is 1090 g/mol. The number of hydrogen-bond acceptors (Lipinski definition) is 16. The van der Waals surface area contributed by atoms with Crippen LogP contribution >= 0.6 is 22.6 Å². The minimum atomic E-state index is -1.82. The number of carbonyl (C=O) groups excluding carboxylic acids is 2. The maximum absolute atomic E-state index is 14.6. The van der Waals surface area contributed by atoms with E-state index in [1.807, 2.05) is 69.3 Å². The number of aliphatic hydroxyl groups excluding tert-OH is 2. The van der Waals surface area contributed by atoms with Crippen LogP contribution < -0.4 is 0 Å². The van der Waals surface area contributed by atoms with E-state index in [9.17, 15) is 34.4 Å². The molecule has 19 heteroatoms. The lowest BCUT2D eigenvalue weighted by Crippen LogP contribution is -2.60. The minimum Gasteiger partial charge on any atom is -0.448 e. The molecule has 3 aliphatic rings. The molecule has 0 amide bonds. The Bertz CT molecular complexity index is 1950. The van der Waals surface area contributed by atoms with Crippen LogP contribution in [0.15, 0.2) is 30.5 Å². The second-order valence-electron chi connectivity index (χ2n) is 21.2.